The van der Waals surface area contributed by atoms with Crippen LogP contribution in [0.15, 0.2) is 23.4 Å². The van der Waals surface area contributed by atoms with Crippen molar-refractivity contribution >= 4 is 33.0 Å². The number of halogens is 4. The monoisotopic (exact) mass is 370 g/mol. The summed E-state index contributed by atoms with van der Waals surface area (Å²) in [5.74, 6) is 0.453. The molecule has 0 spiro atoms. The molecule has 0 aromatic heterocycles. The first kappa shape index (κ1) is 17.9. The largest absolute Gasteiger partial charge is 0.516 e. The van der Waals surface area contributed by atoms with Crippen LogP contribution in [0.3, 0.4) is 0 Å². The molecule has 0 saturated heterocycles. The molecule has 1 saturated carbocycles. The number of rotatable bonds is 6. The Balaban J connectivity index is 2.26. The van der Waals surface area contributed by atoms with Crippen LogP contribution in [-0.2, 0) is 14.9 Å². The molecule has 128 valence electrons. The Morgan fingerprint density at radius 2 is 2.09 bits per heavy atom. The van der Waals surface area contributed by atoms with Gasteiger partial charge < -0.3 is 4.84 Å². The van der Waals surface area contributed by atoms with Gasteiger partial charge in [-0.1, -0.05) is 16.8 Å². The van der Waals surface area contributed by atoms with Gasteiger partial charge in [0.25, 0.3) is 0 Å². The van der Waals surface area contributed by atoms with Crippen LogP contribution in [0, 0.1) is 5.92 Å². The van der Waals surface area contributed by atoms with Crippen molar-refractivity contribution in [1.82, 2.24) is 0 Å². The number of hydrogen-bond acceptors (Lipinski definition) is 4. The van der Waals surface area contributed by atoms with Gasteiger partial charge in [0.05, 0.1) is 11.4 Å². The summed E-state index contributed by atoms with van der Waals surface area (Å²) in [7, 11) is -5.53. The van der Waals surface area contributed by atoms with Gasteiger partial charge in [-0.3, -0.25) is 4.72 Å². The van der Waals surface area contributed by atoms with Crippen molar-refractivity contribution < 1.29 is 26.4 Å². The summed E-state index contributed by atoms with van der Waals surface area (Å²) in [6.07, 6.45) is 2.12. The number of anilines is 1. The van der Waals surface area contributed by atoms with Crippen molar-refractivity contribution in [2.75, 3.05) is 11.3 Å². The van der Waals surface area contributed by atoms with Gasteiger partial charge in [-0.25, -0.2) is 0 Å². The molecule has 1 N–H and O–H groups in total. The number of nitrogens with one attached hydrogen (secondary N) is 1. The molecule has 1 aliphatic carbocycles. The quantitative estimate of drug-likeness (QED) is 0.612. The first-order valence-electron chi connectivity index (χ1n) is 6.66. The maximum Gasteiger partial charge on any atom is 0.516 e. The summed E-state index contributed by atoms with van der Waals surface area (Å²) in [5, 5.41) is 4.04. The SMILES string of the molecule is CC(=NOCC1CC1)c1cc(Cl)ccc1NS(=O)(=O)C(F)(F)F. The highest BCUT2D eigenvalue weighted by atomic mass is 35.5. The molecule has 0 unspecified atom stereocenters. The molecule has 2 rings (SSSR count). The van der Waals surface area contributed by atoms with Gasteiger partial charge in [0.2, 0.25) is 0 Å². The Morgan fingerprint density at radius 3 is 2.65 bits per heavy atom. The zero-order valence-corrected chi connectivity index (χ0v) is 13.6. The summed E-state index contributed by atoms with van der Waals surface area (Å²) in [6.45, 7) is 1.91. The van der Waals surface area contributed by atoms with Gasteiger partial charge in [-0.2, -0.15) is 21.6 Å². The van der Waals surface area contributed by atoms with Crippen molar-refractivity contribution in [2.24, 2.45) is 11.1 Å². The summed E-state index contributed by atoms with van der Waals surface area (Å²) in [5.41, 5.74) is -5.37. The molecule has 1 aromatic rings. The molecule has 0 aliphatic heterocycles. The standard InChI is InChI=1S/C13H14ClF3N2O3S/c1-8(18-22-7-9-2-3-9)11-6-10(14)4-5-12(11)19-23(20,21)13(15,16)17/h4-6,9,19H,2-3,7H2,1H3. The lowest BCUT2D eigenvalue weighted by molar-refractivity contribution is -0.0429. The first-order chi connectivity index (χ1) is 10.6. The molecule has 1 aliphatic rings. The van der Waals surface area contributed by atoms with E-state index in [0.717, 1.165) is 18.9 Å². The Morgan fingerprint density at radius 1 is 1.43 bits per heavy atom. The number of benzene rings is 1. The number of alkyl halides is 3. The fourth-order valence-corrected chi connectivity index (χ4v) is 2.44. The lowest BCUT2D eigenvalue weighted by Gasteiger charge is -2.14. The van der Waals surface area contributed by atoms with Crippen LogP contribution in [0.1, 0.15) is 25.3 Å². The Bertz CT molecular complexity index is 716. The molecule has 0 amide bonds. The molecule has 23 heavy (non-hydrogen) atoms. The third-order valence-corrected chi connectivity index (χ3v) is 4.46. The van der Waals surface area contributed by atoms with Crippen molar-refractivity contribution in [3.05, 3.63) is 28.8 Å². The van der Waals surface area contributed by atoms with Crippen LogP contribution in [0.5, 0.6) is 0 Å². The van der Waals surface area contributed by atoms with Crippen molar-refractivity contribution in [3.8, 4) is 0 Å². The van der Waals surface area contributed by atoms with E-state index in [9.17, 15) is 21.6 Å². The van der Waals surface area contributed by atoms with Crippen LogP contribution in [0.2, 0.25) is 5.02 Å². The minimum absolute atomic E-state index is 0.112. The van der Waals surface area contributed by atoms with Crippen LogP contribution in [-0.4, -0.2) is 26.2 Å². The third kappa shape index (κ3) is 4.74. The highest BCUT2D eigenvalue weighted by Crippen LogP contribution is 2.30. The summed E-state index contributed by atoms with van der Waals surface area (Å²) >= 11 is 5.82. The Hall–Kier alpha value is -1.48. The van der Waals surface area contributed by atoms with Crippen molar-refractivity contribution in [1.29, 1.82) is 0 Å². The fourth-order valence-electron chi connectivity index (χ4n) is 1.68. The topological polar surface area (TPSA) is 67.8 Å². The summed E-state index contributed by atoms with van der Waals surface area (Å²) < 4.78 is 61.5. The van der Waals surface area contributed by atoms with E-state index in [4.69, 9.17) is 16.4 Å². The molecule has 5 nitrogen and oxygen atoms in total. The van der Waals surface area contributed by atoms with E-state index >= 15 is 0 Å². The van der Waals surface area contributed by atoms with Gasteiger partial charge in [0.15, 0.2) is 0 Å². The van der Waals surface area contributed by atoms with Crippen molar-refractivity contribution in [3.63, 3.8) is 0 Å². The maximum atomic E-state index is 12.5. The summed E-state index contributed by atoms with van der Waals surface area (Å²) in [6, 6.07) is 3.73. The van der Waals surface area contributed by atoms with Crippen LogP contribution in [0.4, 0.5) is 18.9 Å². The van der Waals surface area contributed by atoms with Crippen LogP contribution >= 0.6 is 11.6 Å². The van der Waals surface area contributed by atoms with Gasteiger partial charge in [-0.05, 0) is 43.9 Å². The second-order valence-electron chi connectivity index (χ2n) is 5.16. The lowest BCUT2D eigenvalue weighted by atomic mass is 10.1. The third-order valence-electron chi connectivity index (χ3n) is 3.13. The average Bonchev–Trinajstić information content (AvgIpc) is 3.23. The number of nitrogens with zero attached hydrogens (tertiary/aromatic N) is 1. The lowest BCUT2D eigenvalue weighted by Crippen LogP contribution is -2.30. The van der Waals surface area contributed by atoms with Crippen molar-refractivity contribution in [2.45, 2.75) is 25.3 Å². The highest BCUT2D eigenvalue weighted by molar-refractivity contribution is 7.93. The first-order valence-corrected chi connectivity index (χ1v) is 8.52. The fraction of sp³-hybridized carbons (Fsp3) is 0.462. The molecule has 0 radical (unpaired) electrons. The molecule has 1 aromatic carbocycles. The van der Waals surface area contributed by atoms with E-state index in [2.05, 4.69) is 5.16 Å². The Kier molecular flexibility index (Phi) is 5.10. The predicted octanol–water partition coefficient (Wildman–Crippen LogP) is 3.75. The molecule has 0 heterocycles. The number of oxime groups is 1. The van der Waals surface area contributed by atoms with Gasteiger partial charge in [0, 0.05) is 10.6 Å². The van der Waals surface area contributed by atoms with Gasteiger partial charge >= 0.3 is 15.5 Å². The van der Waals surface area contributed by atoms with E-state index in [1.54, 1.807) is 0 Å². The molecule has 0 atom stereocenters. The second-order valence-corrected chi connectivity index (χ2v) is 7.27. The minimum atomic E-state index is -5.53. The van der Waals surface area contributed by atoms with E-state index in [1.165, 1.54) is 23.8 Å². The number of hydrogen-bond donors (Lipinski definition) is 1. The highest BCUT2D eigenvalue weighted by Gasteiger charge is 2.46. The predicted molar refractivity (Wildman–Crippen MR) is 80.9 cm³/mol. The van der Waals surface area contributed by atoms with Crippen LogP contribution < -0.4 is 4.72 Å². The van der Waals surface area contributed by atoms with Gasteiger partial charge in [0.1, 0.15) is 6.61 Å². The molecule has 1 fully saturated rings. The normalized spacial score (nSPS) is 16.3. The second kappa shape index (κ2) is 6.56. The van der Waals surface area contributed by atoms with Crippen LogP contribution in [0.25, 0.3) is 0 Å². The average molecular weight is 371 g/mol. The van der Waals surface area contributed by atoms with E-state index < -0.39 is 15.5 Å². The molecular formula is C13H14ClF3N2O3S. The minimum Gasteiger partial charge on any atom is -0.395 e. The number of sulfonamides is 1. The smallest absolute Gasteiger partial charge is 0.395 e. The van der Waals surface area contributed by atoms with E-state index in [0.29, 0.717) is 12.5 Å². The van der Waals surface area contributed by atoms with E-state index in [1.807, 2.05) is 0 Å². The zero-order chi connectivity index (χ0) is 17.3. The van der Waals surface area contributed by atoms with E-state index in [-0.39, 0.29) is 22.0 Å². The molecule has 10 heteroatoms. The Labute approximate surface area is 136 Å². The molecular weight excluding hydrogens is 357 g/mol. The molecule has 0 bridgehead atoms. The zero-order valence-electron chi connectivity index (χ0n) is 12.0. The maximum absolute atomic E-state index is 12.5. The summed E-state index contributed by atoms with van der Waals surface area (Å²) in [4.78, 5) is 5.11. The van der Waals surface area contributed by atoms with Gasteiger partial charge in [-0.15, -0.1) is 0 Å².